The molecule has 210 valence electrons. The van der Waals surface area contributed by atoms with Crippen molar-refractivity contribution in [3.63, 3.8) is 0 Å². The number of aromatic nitrogens is 1. The first-order valence-corrected chi connectivity index (χ1v) is 15.3. The maximum absolute atomic E-state index is 13.6. The molecule has 38 heavy (non-hydrogen) atoms. The Labute approximate surface area is 229 Å². The van der Waals surface area contributed by atoms with E-state index >= 15 is 0 Å². The van der Waals surface area contributed by atoms with Gasteiger partial charge in [-0.1, -0.05) is 6.07 Å². The van der Waals surface area contributed by atoms with E-state index in [9.17, 15) is 18.0 Å². The summed E-state index contributed by atoms with van der Waals surface area (Å²) in [5, 5.41) is 6.51. The minimum Gasteiger partial charge on any atom is -0.447 e. The molecule has 1 heterocycles. The van der Waals surface area contributed by atoms with Gasteiger partial charge in [0, 0.05) is 29.4 Å². The van der Waals surface area contributed by atoms with Crippen LogP contribution in [0.1, 0.15) is 85.1 Å². The van der Waals surface area contributed by atoms with Crippen LogP contribution < -0.4 is 10.6 Å². The van der Waals surface area contributed by atoms with E-state index in [0.29, 0.717) is 11.3 Å². The predicted octanol–water partition coefficient (Wildman–Crippen LogP) is 6.50. The van der Waals surface area contributed by atoms with E-state index in [1.165, 1.54) is 17.4 Å². The summed E-state index contributed by atoms with van der Waals surface area (Å²) >= 11 is 1.49. The molecule has 2 amide bonds. The average Bonchev–Trinajstić information content (AvgIpc) is 3.27. The van der Waals surface area contributed by atoms with Gasteiger partial charge in [-0.25, -0.2) is 23.0 Å². The molecule has 0 atom stereocenters. The molecule has 1 aromatic carbocycles. The third kappa shape index (κ3) is 7.47. The zero-order valence-corrected chi connectivity index (χ0v) is 24.8. The number of anilines is 1. The molecule has 2 aromatic rings. The molecule has 9 nitrogen and oxygen atoms in total. The summed E-state index contributed by atoms with van der Waals surface area (Å²) in [6.45, 7) is 12.1. The van der Waals surface area contributed by atoms with Gasteiger partial charge < -0.3 is 14.8 Å². The van der Waals surface area contributed by atoms with Gasteiger partial charge in [-0.2, -0.15) is 0 Å². The van der Waals surface area contributed by atoms with Gasteiger partial charge in [0.05, 0.1) is 31.7 Å². The van der Waals surface area contributed by atoms with E-state index in [4.69, 9.17) is 9.47 Å². The monoisotopic (exact) mass is 565 g/mol. The van der Waals surface area contributed by atoms with Gasteiger partial charge in [0.15, 0.2) is 9.84 Å². The second kappa shape index (κ2) is 12.0. The van der Waals surface area contributed by atoms with Crippen LogP contribution in [0.15, 0.2) is 29.3 Å². The Balaban J connectivity index is 1.82. The van der Waals surface area contributed by atoms with Gasteiger partial charge in [0.1, 0.15) is 0 Å². The van der Waals surface area contributed by atoms with Crippen molar-refractivity contribution in [3.8, 4) is 10.4 Å². The van der Waals surface area contributed by atoms with Gasteiger partial charge in [-0.05, 0) is 86.3 Å². The highest BCUT2D eigenvalue weighted by Gasteiger charge is 2.34. The van der Waals surface area contributed by atoms with Crippen molar-refractivity contribution in [1.82, 2.24) is 10.3 Å². The summed E-state index contributed by atoms with van der Waals surface area (Å²) in [4.78, 5) is 29.6. The van der Waals surface area contributed by atoms with Crippen molar-refractivity contribution in [1.29, 1.82) is 0 Å². The number of carbonyl (C=O) groups excluding carboxylic acids is 2. The Bertz CT molecular complexity index is 1240. The summed E-state index contributed by atoms with van der Waals surface area (Å²) in [6.07, 6.45) is 3.61. The van der Waals surface area contributed by atoms with E-state index in [1.807, 2.05) is 13.8 Å². The first-order valence-electron chi connectivity index (χ1n) is 13.0. The lowest BCUT2D eigenvalue weighted by Gasteiger charge is -2.28. The normalized spacial score (nSPS) is 18.3. The lowest BCUT2D eigenvalue weighted by Crippen LogP contribution is -2.38. The number of rotatable bonds is 7. The van der Waals surface area contributed by atoms with Crippen LogP contribution in [0.25, 0.3) is 10.4 Å². The van der Waals surface area contributed by atoms with E-state index in [-0.39, 0.29) is 35.2 Å². The Kier molecular flexibility index (Phi) is 9.46. The van der Waals surface area contributed by atoms with E-state index < -0.39 is 20.7 Å². The van der Waals surface area contributed by atoms with Crippen molar-refractivity contribution in [2.45, 2.75) is 108 Å². The maximum atomic E-state index is 13.6. The molecule has 0 bridgehead atoms. The van der Waals surface area contributed by atoms with Crippen molar-refractivity contribution < 1.29 is 27.5 Å². The highest BCUT2D eigenvalue weighted by Crippen LogP contribution is 2.41. The van der Waals surface area contributed by atoms with Crippen molar-refractivity contribution in [3.05, 3.63) is 29.4 Å². The molecule has 1 fully saturated rings. The van der Waals surface area contributed by atoms with Crippen molar-refractivity contribution in [2.24, 2.45) is 0 Å². The Hall–Kier alpha value is -2.66. The van der Waals surface area contributed by atoms with Gasteiger partial charge in [-0.15, -0.1) is 11.3 Å². The van der Waals surface area contributed by atoms with Gasteiger partial charge in [-0.3, -0.25) is 5.32 Å². The van der Waals surface area contributed by atoms with Crippen LogP contribution in [-0.2, 0) is 19.3 Å². The number of alkyl carbamates (subject to hydrolysis) is 1. The first-order chi connectivity index (χ1) is 17.7. The third-order valence-electron chi connectivity index (χ3n) is 6.20. The SMILES string of the molecule is CC(C)OC(=O)Nc1ccc(-c2cnc([C@H]3CC[C@H](NC(=O)OC(C)C)CC3)s2)c(S(=O)(=O)C(C)(C)C)c1. The highest BCUT2D eigenvalue weighted by molar-refractivity contribution is 7.93. The Morgan fingerprint density at radius 2 is 1.61 bits per heavy atom. The lowest BCUT2D eigenvalue weighted by molar-refractivity contribution is 0.109. The molecule has 0 spiro atoms. The fraction of sp³-hybridized carbons (Fsp3) is 0.593. The zero-order valence-electron chi connectivity index (χ0n) is 23.2. The fourth-order valence-corrected chi connectivity index (χ4v) is 6.82. The number of nitrogens with zero attached hydrogens (tertiary/aromatic N) is 1. The standard InChI is InChI=1S/C27H39N3O6S2/c1-16(2)35-25(31)29-19-10-8-18(9-11-19)24-28-15-22(37-24)21-13-12-20(30-26(32)36-17(3)4)14-23(21)38(33,34)27(5,6)7/h12-19H,8-11H2,1-7H3,(H,29,31)(H,30,32)/t18-,19-. The van der Waals surface area contributed by atoms with Crippen LogP contribution in [0.3, 0.4) is 0 Å². The van der Waals surface area contributed by atoms with Crippen molar-refractivity contribution >= 4 is 39.0 Å². The second-order valence-electron chi connectivity index (χ2n) is 11.1. The molecular formula is C27H39N3O6S2. The molecule has 0 aliphatic heterocycles. The largest absolute Gasteiger partial charge is 0.447 e. The summed E-state index contributed by atoms with van der Waals surface area (Å²) in [6, 6.07) is 4.94. The summed E-state index contributed by atoms with van der Waals surface area (Å²) in [5.41, 5.74) is 0.895. The number of thiazole rings is 1. The fourth-order valence-electron chi connectivity index (χ4n) is 4.22. The minimum absolute atomic E-state index is 0.0721. The van der Waals surface area contributed by atoms with Crippen LogP contribution in [0.5, 0.6) is 0 Å². The minimum atomic E-state index is -3.75. The third-order valence-corrected chi connectivity index (χ3v) is 9.92. The number of amides is 2. The number of hydrogen-bond acceptors (Lipinski definition) is 8. The molecule has 1 aliphatic carbocycles. The van der Waals surface area contributed by atoms with Gasteiger partial charge in [0.25, 0.3) is 0 Å². The summed E-state index contributed by atoms with van der Waals surface area (Å²) in [7, 11) is -3.75. The van der Waals surface area contributed by atoms with Crippen LogP contribution in [0.2, 0.25) is 0 Å². The number of benzene rings is 1. The molecule has 3 rings (SSSR count). The quantitative estimate of drug-likeness (QED) is 0.393. The Morgan fingerprint density at radius 1 is 1.00 bits per heavy atom. The van der Waals surface area contributed by atoms with Crippen LogP contribution in [0.4, 0.5) is 15.3 Å². The zero-order chi connectivity index (χ0) is 28.3. The molecule has 1 aliphatic rings. The molecule has 1 aromatic heterocycles. The topological polar surface area (TPSA) is 124 Å². The number of carbonyl (C=O) groups is 2. The van der Waals surface area contributed by atoms with Gasteiger partial charge >= 0.3 is 12.2 Å². The van der Waals surface area contributed by atoms with E-state index in [2.05, 4.69) is 15.6 Å². The number of ether oxygens (including phenoxy) is 2. The molecule has 1 saturated carbocycles. The van der Waals surface area contributed by atoms with Crippen molar-refractivity contribution in [2.75, 3.05) is 5.32 Å². The number of nitrogens with one attached hydrogen (secondary N) is 2. The predicted molar refractivity (Wildman–Crippen MR) is 149 cm³/mol. The highest BCUT2D eigenvalue weighted by atomic mass is 32.2. The summed E-state index contributed by atoms with van der Waals surface area (Å²) in [5.74, 6) is 0.238. The molecule has 0 radical (unpaired) electrons. The molecule has 2 N–H and O–H groups in total. The molecular weight excluding hydrogens is 526 g/mol. The Morgan fingerprint density at radius 3 is 2.18 bits per heavy atom. The van der Waals surface area contributed by atoms with Crippen LogP contribution in [0, 0.1) is 0 Å². The molecule has 11 heteroatoms. The second-order valence-corrected chi connectivity index (χ2v) is 14.8. The molecule has 0 saturated heterocycles. The maximum Gasteiger partial charge on any atom is 0.411 e. The van der Waals surface area contributed by atoms with E-state index in [0.717, 1.165) is 35.6 Å². The van der Waals surface area contributed by atoms with Crippen LogP contribution in [-0.4, -0.2) is 48.6 Å². The first kappa shape index (κ1) is 29.9. The summed E-state index contributed by atoms with van der Waals surface area (Å²) < 4.78 is 36.4. The number of sulfone groups is 1. The average molecular weight is 566 g/mol. The molecule has 0 unspecified atom stereocenters. The van der Waals surface area contributed by atoms with Gasteiger partial charge in [0.2, 0.25) is 0 Å². The number of hydrogen-bond donors (Lipinski definition) is 2. The van der Waals surface area contributed by atoms with E-state index in [1.54, 1.807) is 52.9 Å². The van der Waals surface area contributed by atoms with Crippen LogP contribution >= 0.6 is 11.3 Å². The lowest BCUT2D eigenvalue weighted by atomic mass is 9.86. The smallest absolute Gasteiger partial charge is 0.411 e.